The number of hydrogen-bond acceptors (Lipinski definition) is 2. The molecule has 0 saturated heterocycles. The maximum atomic E-state index is 11.6. The summed E-state index contributed by atoms with van der Waals surface area (Å²) in [6.07, 6.45) is 3.82. The number of benzene rings is 1. The topological polar surface area (TPSA) is 26.3 Å². The molecule has 15 heavy (non-hydrogen) atoms. The van der Waals surface area contributed by atoms with E-state index in [0.717, 1.165) is 43.6 Å². The number of ketones is 1. The fraction of sp³-hybridized carbons (Fsp3) is 0.462. The molecule has 78 valence electrons. The zero-order valence-electron chi connectivity index (χ0n) is 8.66. The van der Waals surface area contributed by atoms with Gasteiger partial charge in [-0.15, -0.1) is 0 Å². The fourth-order valence-electron chi connectivity index (χ4n) is 2.57. The number of hydrogen-bond donors (Lipinski definition) is 0. The Morgan fingerprint density at radius 1 is 1.27 bits per heavy atom. The highest BCUT2D eigenvalue weighted by molar-refractivity contribution is 5.87. The molecule has 2 nitrogen and oxygen atoms in total. The average molecular weight is 202 g/mol. The zero-order valence-corrected chi connectivity index (χ0v) is 8.66. The molecule has 2 heteroatoms. The van der Waals surface area contributed by atoms with Gasteiger partial charge < -0.3 is 4.74 Å². The average Bonchev–Trinajstić information content (AvgIpc) is 2.84. The third kappa shape index (κ3) is 1.44. The number of Topliss-reactive ketones (excluding diaryl/α,β-unsaturated/α-hetero) is 1. The van der Waals surface area contributed by atoms with Crippen molar-refractivity contribution < 1.29 is 9.53 Å². The lowest BCUT2D eigenvalue weighted by atomic mass is 9.95. The van der Waals surface area contributed by atoms with Crippen LogP contribution in [0.3, 0.4) is 0 Å². The monoisotopic (exact) mass is 202 g/mol. The van der Waals surface area contributed by atoms with Crippen molar-refractivity contribution in [1.82, 2.24) is 0 Å². The number of ether oxygens (including phenoxy) is 1. The Hall–Kier alpha value is -1.31. The van der Waals surface area contributed by atoms with Crippen molar-refractivity contribution in [3.8, 4) is 5.75 Å². The molecule has 1 fully saturated rings. The molecule has 3 rings (SSSR count). The maximum absolute atomic E-state index is 11.6. The molecule has 1 heterocycles. The van der Waals surface area contributed by atoms with Crippen molar-refractivity contribution in [2.45, 2.75) is 31.6 Å². The molecule has 1 aromatic rings. The van der Waals surface area contributed by atoms with Crippen LogP contribution in [-0.2, 0) is 11.2 Å². The quantitative estimate of drug-likeness (QED) is 0.699. The van der Waals surface area contributed by atoms with Gasteiger partial charge in [0.1, 0.15) is 11.5 Å². The van der Waals surface area contributed by atoms with Gasteiger partial charge in [0.25, 0.3) is 0 Å². The van der Waals surface area contributed by atoms with Crippen molar-refractivity contribution in [2.75, 3.05) is 6.61 Å². The van der Waals surface area contributed by atoms with E-state index in [-0.39, 0.29) is 5.92 Å². The summed E-state index contributed by atoms with van der Waals surface area (Å²) in [5.74, 6) is 1.53. The molecule has 0 radical (unpaired) electrons. The highest BCUT2D eigenvalue weighted by Gasteiger charge is 2.27. The lowest BCUT2D eigenvalue weighted by Gasteiger charge is -2.09. The summed E-state index contributed by atoms with van der Waals surface area (Å²) < 4.78 is 5.52. The molecule has 1 aromatic carbocycles. The van der Waals surface area contributed by atoms with E-state index in [9.17, 15) is 4.79 Å². The minimum Gasteiger partial charge on any atom is -0.493 e. The Morgan fingerprint density at radius 2 is 2.20 bits per heavy atom. The molecule has 0 amide bonds. The summed E-state index contributed by atoms with van der Waals surface area (Å²) in [5, 5.41) is 0. The Morgan fingerprint density at radius 3 is 3.00 bits per heavy atom. The zero-order chi connectivity index (χ0) is 10.3. The summed E-state index contributed by atoms with van der Waals surface area (Å²) in [7, 11) is 0. The van der Waals surface area contributed by atoms with E-state index >= 15 is 0 Å². The first-order valence-corrected chi connectivity index (χ1v) is 5.63. The molecule has 0 spiro atoms. The largest absolute Gasteiger partial charge is 0.493 e. The lowest BCUT2D eigenvalue weighted by molar-refractivity contribution is -0.118. The van der Waals surface area contributed by atoms with Crippen molar-refractivity contribution in [3.63, 3.8) is 0 Å². The van der Waals surface area contributed by atoms with Gasteiger partial charge in [-0.1, -0.05) is 12.1 Å². The van der Waals surface area contributed by atoms with Crippen LogP contribution in [0.5, 0.6) is 5.75 Å². The van der Waals surface area contributed by atoms with Crippen LogP contribution in [0.25, 0.3) is 0 Å². The van der Waals surface area contributed by atoms with E-state index in [4.69, 9.17) is 4.74 Å². The van der Waals surface area contributed by atoms with Gasteiger partial charge in [-0.2, -0.15) is 0 Å². The number of carbonyl (C=O) groups excluding carboxylic acids is 1. The highest BCUT2D eigenvalue weighted by atomic mass is 16.5. The number of carbonyl (C=O) groups is 1. The maximum Gasteiger partial charge on any atom is 0.140 e. The minimum absolute atomic E-state index is 0.138. The van der Waals surface area contributed by atoms with Crippen LogP contribution in [0.2, 0.25) is 0 Å². The van der Waals surface area contributed by atoms with Crippen LogP contribution in [0.4, 0.5) is 0 Å². The van der Waals surface area contributed by atoms with E-state index in [1.54, 1.807) is 0 Å². The molecule has 0 N–H and O–H groups in total. The van der Waals surface area contributed by atoms with E-state index in [2.05, 4.69) is 18.2 Å². The van der Waals surface area contributed by atoms with Crippen LogP contribution in [0.1, 0.15) is 36.3 Å². The van der Waals surface area contributed by atoms with Crippen LogP contribution >= 0.6 is 0 Å². The van der Waals surface area contributed by atoms with Gasteiger partial charge in [-0.25, -0.2) is 0 Å². The summed E-state index contributed by atoms with van der Waals surface area (Å²) in [4.78, 5) is 11.6. The molecule has 1 saturated carbocycles. The summed E-state index contributed by atoms with van der Waals surface area (Å²) in [6.45, 7) is 0.789. The third-order valence-corrected chi connectivity index (χ3v) is 3.43. The lowest BCUT2D eigenvalue weighted by Crippen LogP contribution is -2.04. The van der Waals surface area contributed by atoms with Crippen molar-refractivity contribution in [3.05, 3.63) is 29.3 Å². The van der Waals surface area contributed by atoms with E-state index < -0.39 is 0 Å². The summed E-state index contributed by atoms with van der Waals surface area (Å²) >= 11 is 0. The van der Waals surface area contributed by atoms with E-state index in [1.807, 2.05) is 0 Å². The minimum atomic E-state index is 0.138. The van der Waals surface area contributed by atoms with Crippen LogP contribution in [-0.4, -0.2) is 12.4 Å². The van der Waals surface area contributed by atoms with Crippen molar-refractivity contribution in [2.24, 2.45) is 0 Å². The van der Waals surface area contributed by atoms with E-state index in [1.165, 1.54) is 5.56 Å². The molecular weight excluding hydrogens is 188 g/mol. The molecular formula is C13H14O2. The summed E-state index contributed by atoms with van der Waals surface area (Å²) in [5.41, 5.74) is 2.43. The van der Waals surface area contributed by atoms with Gasteiger partial charge in [0.05, 0.1) is 6.61 Å². The van der Waals surface area contributed by atoms with Gasteiger partial charge in [-0.3, -0.25) is 4.79 Å². The Bertz CT molecular complexity index is 409. The van der Waals surface area contributed by atoms with Crippen molar-refractivity contribution in [1.29, 1.82) is 0 Å². The first-order chi connectivity index (χ1) is 7.34. The fourth-order valence-corrected chi connectivity index (χ4v) is 2.57. The second-order valence-electron chi connectivity index (χ2n) is 4.38. The Labute approximate surface area is 89.2 Å². The predicted molar refractivity (Wildman–Crippen MR) is 57.2 cm³/mol. The Kier molecular flexibility index (Phi) is 2.01. The van der Waals surface area contributed by atoms with Crippen LogP contribution in [0, 0.1) is 0 Å². The first kappa shape index (κ1) is 8.96. The molecule has 2 aliphatic rings. The van der Waals surface area contributed by atoms with Crippen molar-refractivity contribution >= 4 is 5.78 Å². The molecule has 1 unspecified atom stereocenters. The predicted octanol–water partition coefficient (Wildman–Crippen LogP) is 2.46. The van der Waals surface area contributed by atoms with E-state index in [0.29, 0.717) is 5.78 Å². The SMILES string of the molecule is O=C1CCCC1c1ccc2c(c1)OCC2. The molecule has 1 atom stereocenters. The Balaban J connectivity index is 1.95. The molecule has 1 aliphatic carbocycles. The normalized spacial score (nSPS) is 24.0. The standard InChI is InChI=1S/C13H14O2/c14-12-3-1-2-11(12)10-5-4-9-6-7-15-13(9)8-10/h4-5,8,11H,1-3,6-7H2. The molecule has 1 aliphatic heterocycles. The van der Waals surface area contributed by atoms with Gasteiger partial charge in [0.15, 0.2) is 0 Å². The summed E-state index contributed by atoms with van der Waals surface area (Å²) in [6, 6.07) is 6.28. The van der Waals surface area contributed by atoms with Gasteiger partial charge in [-0.05, 0) is 30.0 Å². The van der Waals surface area contributed by atoms with Crippen LogP contribution in [0.15, 0.2) is 18.2 Å². The van der Waals surface area contributed by atoms with Gasteiger partial charge in [0, 0.05) is 18.8 Å². The van der Waals surface area contributed by atoms with Gasteiger partial charge >= 0.3 is 0 Å². The second kappa shape index (κ2) is 3.37. The smallest absolute Gasteiger partial charge is 0.140 e. The number of fused-ring (bicyclic) bond motifs is 1. The first-order valence-electron chi connectivity index (χ1n) is 5.63. The second-order valence-corrected chi connectivity index (χ2v) is 4.38. The van der Waals surface area contributed by atoms with Crippen LogP contribution < -0.4 is 4.74 Å². The molecule has 0 aromatic heterocycles. The third-order valence-electron chi connectivity index (χ3n) is 3.43. The highest BCUT2D eigenvalue weighted by Crippen LogP contribution is 2.35. The van der Waals surface area contributed by atoms with Gasteiger partial charge in [0.2, 0.25) is 0 Å². The molecule has 0 bridgehead atoms. The number of rotatable bonds is 1.